The zero-order valence-corrected chi connectivity index (χ0v) is 26.3. The molecule has 1 atom stereocenters. The highest BCUT2D eigenvalue weighted by molar-refractivity contribution is 6.08. The van der Waals surface area contributed by atoms with Gasteiger partial charge in [0, 0.05) is 37.3 Å². The Morgan fingerprint density at radius 1 is 1.02 bits per heavy atom. The van der Waals surface area contributed by atoms with Gasteiger partial charge < -0.3 is 16.0 Å². The third-order valence-electron chi connectivity index (χ3n) is 8.11. The number of nitrogens with zero attached hydrogens (tertiary/aromatic N) is 2. The average molecular weight is 567 g/mol. The number of Topliss-reactive ketones (excluding diaryl/α,β-unsaturated/α-hetero) is 1. The Morgan fingerprint density at radius 2 is 1.71 bits per heavy atom. The lowest BCUT2D eigenvalue weighted by Gasteiger charge is -2.33. The number of carbonyl (C=O) groups is 3. The summed E-state index contributed by atoms with van der Waals surface area (Å²) in [5.74, 6) is 0.696. The summed E-state index contributed by atoms with van der Waals surface area (Å²) < 4.78 is 0. The molecule has 1 aliphatic carbocycles. The second kappa shape index (κ2) is 18.5. The van der Waals surface area contributed by atoms with Crippen LogP contribution in [0.5, 0.6) is 0 Å². The molecule has 7 heteroatoms. The van der Waals surface area contributed by atoms with Crippen molar-refractivity contribution >= 4 is 23.3 Å². The van der Waals surface area contributed by atoms with Gasteiger partial charge in [-0.2, -0.15) is 0 Å². The van der Waals surface area contributed by atoms with Gasteiger partial charge in [0.25, 0.3) is 5.91 Å². The van der Waals surface area contributed by atoms with Crippen LogP contribution in [-0.4, -0.2) is 53.9 Å². The SMILES string of the molecule is CC(=O)CN=C1CCCC/C1=C(/N)C(=O)N1CCC(NC(C)=O)CC1.CCCCC(CCC)Cc1ccccc1C. The lowest BCUT2D eigenvalue weighted by atomic mass is 9.89. The van der Waals surface area contributed by atoms with Gasteiger partial charge in [0.15, 0.2) is 5.78 Å². The molecule has 41 heavy (non-hydrogen) atoms. The van der Waals surface area contributed by atoms with E-state index in [1.807, 2.05) is 0 Å². The zero-order valence-electron chi connectivity index (χ0n) is 26.3. The van der Waals surface area contributed by atoms with Crippen molar-refractivity contribution in [2.45, 2.75) is 118 Å². The Hall–Kier alpha value is -2.96. The molecule has 1 aromatic rings. The fourth-order valence-electron chi connectivity index (χ4n) is 5.77. The van der Waals surface area contributed by atoms with Crippen molar-refractivity contribution in [3.05, 3.63) is 46.7 Å². The molecule has 1 unspecified atom stereocenters. The first-order chi connectivity index (χ1) is 19.7. The van der Waals surface area contributed by atoms with E-state index in [-0.39, 0.29) is 35.9 Å². The van der Waals surface area contributed by atoms with Crippen LogP contribution in [0, 0.1) is 12.8 Å². The van der Waals surface area contributed by atoms with E-state index < -0.39 is 0 Å². The number of amides is 2. The molecule has 0 aromatic heterocycles. The van der Waals surface area contributed by atoms with E-state index in [0.717, 1.165) is 55.7 Å². The van der Waals surface area contributed by atoms with E-state index in [2.05, 4.69) is 55.3 Å². The van der Waals surface area contributed by atoms with E-state index in [1.165, 1.54) is 57.9 Å². The van der Waals surface area contributed by atoms with Crippen LogP contribution in [0.1, 0.15) is 109 Å². The number of likely N-dealkylation sites (tertiary alicyclic amines) is 1. The molecule has 1 heterocycles. The topological polar surface area (TPSA) is 105 Å². The number of nitrogens with two attached hydrogens (primary N) is 1. The number of rotatable bonds is 11. The smallest absolute Gasteiger partial charge is 0.270 e. The molecule has 1 saturated heterocycles. The van der Waals surface area contributed by atoms with E-state index in [9.17, 15) is 14.4 Å². The Morgan fingerprint density at radius 3 is 2.32 bits per heavy atom. The Bertz CT molecular complexity index is 1050. The molecule has 3 N–H and O–H groups in total. The monoisotopic (exact) mass is 566 g/mol. The fourth-order valence-corrected chi connectivity index (χ4v) is 5.77. The van der Waals surface area contributed by atoms with Crippen molar-refractivity contribution in [2.75, 3.05) is 19.6 Å². The molecular formula is C34H54N4O3. The van der Waals surface area contributed by atoms with Crippen LogP contribution in [0.2, 0.25) is 0 Å². The molecule has 228 valence electrons. The molecule has 2 fully saturated rings. The summed E-state index contributed by atoms with van der Waals surface area (Å²) in [7, 11) is 0. The summed E-state index contributed by atoms with van der Waals surface area (Å²) in [5.41, 5.74) is 11.1. The van der Waals surface area contributed by atoms with E-state index in [0.29, 0.717) is 13.1 Å². The molecule has 1 aliphatic heterocycles. The van der Waals surface area contributed by atoms with Crippen LogP contribution in [0.4, 0.5) is 0 Å². The number of allylic oxidation sites excluding steroid dienone is 1. The molecule has 1 saturated carbocycles. The van der Waals surface area contributed by atoms with Gasteiger partial charge in [0.2, 0.25) is 5.91 Å². The summed E-state index contributed by atoms with van der Waals surface area (Å²) in [6.45, 7) is 11.1. The maximum Gasteiger partial charge on any atom is 0.270 e. The van der Waals surface area contributed by atoms with Gasteiger partial charge in [0.05, 0.1) is 6.54 Å². The molecule has 0 bridgehead atoms. The Balaban J connectivity index is 0.000000317. The van der Waals surface area contributed by atoms with Crippen LogP contribution in [0.3, 0.4) is 0 Å². The number of carbonyl (C=O) groups excluding carboxylic acids is 3. The fraction of sp³-hybridized carbons (Fsp3) is 0.647. The molecule has 1 aromatic carbocycles. The Kier molecular flexibility index (Phi) is 15.4. The summed E-state index contributed by atoms with van der Waals surface area (Å²) in [6, 6.07) is 8.96. The average Bonchev–Trinajstić information content (AvgIpc) is 2.96. The second-order valence-electron chi connectivity index (χ2n) is 11.8. The molecular weight excluding hydrogens is 512 g/mol. The first-order valence-corrected chi connectivity index (χ1v) is 15.8. The maximum atomic E-state index is 12.7. The first-order valence-electron chi connectivity index (χ1n) is 15.8. The highest BCUT2D eigenvalue weighted by Gasteiger charge is 2.27. The molecule has 0 spiro atoms. The minimum absolute atomic E-state index is 0.00219. The number of aliphatic imine (C=N–C) groups is 1. The number of ketones is 1. The van der Waals surface area contributed by atoms with E-state index >= 15 is 0 Å². The van der Waals surface area contributed by atoms with Gasteiger partial charge >= 0.3 is 0 Å². The van der Waals surface area contributed by atoms with Crippen LogP contribution >= 0.6 is 0 Å². The van der Waals surface area contributed by atoms with E-state index in [1.54, 1.807) is 10.5 Å². The van der Waals surface area contributed by atoms with Crippen molar-refractivity contribution in [1.29, 1.82) is 0 Å². The standard InChI is InChI=1S/C18H28N4O3.C16H26/c1-12(23)11-20-16-6-4-3-5-15(16)17(19)18(25)22-9-7-14(8-10-22)21-13(2)24;1-4-6-11-15(9-5-2)13-16-12-8-7-10-14(16)3/h14H,3-11,19H2,1-2H3,(H,21,24);7-8,10,12,15H,4-6,9,11,13H2,1-3H3/b17-15-,20-16?;. The van der Waals surface area contributed by atoms with Crippen molar-refractivity contribution in [1.82, 2.24) is 10.2 Å². The molecule has 2 aliphatic rings. The van der Waals surface area contributed by atoms with Crippen molar-refractivity contribution in [3.63, 3.8) is 0 Å². The van der Waals surface area contributed by atoms with Gasteiger partial charge in [-0.15, -0.1) is 0 Å². The van der Waals surface area contributed by atoms with Crippen LogP contribution in [0.15, 0.2) is 40.5 Å². The number of hydrogen-bond acceptors (Lipinski definition) is 5. The third kappa shape index (κ3) is 12.2. The van der Waals surface area contributed by atoms with Gasteiger partial charge in [-0.1, -0.05) is 70.2 Å². The molecule has 3 rings (SSSR count). The van der Waals surface area contributed by atoms with Gasteiger partial charge in [-0.05, 0) is 75.8 Å². The molecule has 2 amide bonds. The van der Waals surface area contributed by atoms with Crippen molar-refractivity contribution < 1.29 is 14.4 Å². The predicted octanol–water partition coefficient (Wildman–Crippen LogP) is 6.07. The number of unbranched alkanes of at least 4 members (excludes halogenated alkanes) is 1. The van der Waals surface area contributed by atoms with Crippen LogP contribution < -0.4 is 11.1 Å². The quantitative estimate of drug-likeness (QED) is 0.317. The van der Waals surface area contributed by atoms with Crippen LogP contribution in [-0.2, 0) is 20.8 Å². The lowest BCUT2D eigenvalue weighted by molar-refractivity contribution is -0.128. The summed E-state index contributed by atoms with van der Waals surface area (Å²) in [6.07, 6.45) is 13.0. The first kappa shape index (κ1) is 34.2. The third-order valence-corrected chi connectivity index (χ3v) is 8.11. The predicted molar refractivity (Wildman–Crippen MR) is 169 cm³/mol. The number of aryl methyl sites for hydroxylation is 1. The minimum atomic E-state index is -0.159. The lowest BCUT2D eigenvalue weighted by Crippen LogP contribution is -2.47. The number of hydrogen-bond donors (Lipinski definition) is 2. The summed E-state index contributed by atoms with van der Waals surface area (Å²) in [4.78, 5) is 41.2. The maximum absolute atomic E-state index is 12.7. The van der Waals surface area contributed by atoms with Gasteiger partial charge in [0.1, 0.15) is 5.70 Å². The zero-order chi connectivity index (χ0) is 30.2. The van der Waals surface area contributed by atoms with E-state index in [4.69, 9.17) is 5.73 Å². The highest BCUT2D eigenvalue weighted by atomic mass is 16.2. The summed E-state index contributed by atoms with van der Waals surface area (Å²) in [5, 5.41) is 2.90. The number of nitrogens with one attached hydrogen (secondary N) is 1. The molecule has 7 nitrogen and oxygen atoms in total. The largest absolute Gasteiger partial charge is 0.394 e. The number of benzene rings is 1. The number of piperidine rings is 1. The van der Waals surface area contributed by atoms with Crippen LogP contribution in [0.25, 0.3) is 0 Å². The molecule has 0 radical (unpaired) electrons. The van der Waals surface area contributed by atoms with Gasteiger partial charge in [-0.3, -0.25) is 19.4 Å². The Labute approximate surface area is 248 Å². The van der Waals surface area contributed by atoms with Gasteiger partial charge in [-0.25, -0.2) is 0 Å². The second-order valence-corrected chi connectivity index (χ2v) is 11.8. The minimum Gasteiger partial charge on any atom is -0.394 e. The normalized spacial score (nSPS) is 18.8. The summed E-state index contributed by atoms with van der Waals surface area (Å²) >= 11 is 0. The highest BCUT2D eigenvalue weighted by Crippen LogP contribution is 2.25. The van der Waals surface area contributed by atoms with Crippen molar-refractivity contribution in [3.8, 4) is 0 Å². The van der Waals surface area contributed by atoms with Crippen molar-refractivity contribution in [2.24, 2.45) is 16.6 Å².